The molecule has 1 aromatic heterocycles. The van der Waals surface area contributed by atoms with Crippen LogP contribution < -0.4 is 5.32 Å². The van der Waals surface area contributed by atoms with Crippen molar-refractivity contribution in [2.75, 3.05) is 17.6 Å². The molecule has 0 bridgehead atoms. The Bertz CT molecular complexity index is 273. The molecule has 0 radical (unpaired) electrons. The third kappa shape index (κ3) is 5.37. The molecule has 0 spiro atoms. The molecule has 0 aromatic carbocycles. The summed E-state index contributed by atoms with van der Waals surface area (Å²) in [7, 11) is 0. The molecule has 0 aliphatic carbocycles. The van der Waals surface area contributed by atoms with Crippen LogP contribution in [0, 0.1) is 5.92 Å². The van der Waals surface area contributed by atoms with Gasteiger partial charge in [0.2, 0.25) is 5.13 Å². The number of anilines is 1. The van der Waals surface area contributed by atoms with Gasteiger partial charge in [-0.1, -0.05) is 20.8 Å². The predicted molar refractivity (Wildman–Crippen MR) is 69.7 cm³/mol. The Balaban J connectivity index is 2.29. The normalized spacial score (nSPS) is 10.9. The largest absolute Gasteiger partial charge is 0.360 e. The minimum Gasteiger partial charge on any atom is -0.360 e. The maximum atomic E-state index is 4.43. The van der Waals surface area contributed by atoms with Gasteiger partial charge in [0.25, 0.3) is 0 Å². The molecule has 0 aliphatic rings. The van der Waals surface area contributed by atoms with E-state index in [0.29, 0.717) is 5.92 Å². The van der Waals surface area contributed by atoms with E-state index in [1.807, 2.05) is 11.8 Å². The average Bonchev–Trinajstić information content (AvgIpc) is 2.63. The van der Waals surface area contributed by atoms with Gasteiger partial charge in [-0.25, -0.2) is 4.98 Å². The SMILES string of the molecule is CCCSCc1nsc(NCC(C)C)n1. The van der Waals surface area contributed by atoms with Gasteiger partial charge in [0.15, 0.2) is 5.82 Å². The zero-order valence-corrected chi connectivity index (χ0v) is 11.2. The summed E-state index contributed by atoms with van der Waals surface area (Å²) in [6, 6.07) is 0. The van der Waals surface area contributed by atoms with Crippen LogP contribution in [0.3, 0.4) is 0 Å². The zero-order valence-electron chi connectivity index (χ0n) is 9.62. The molecular formula is C10H19N3S2. The fraction of sp³-hybridized carbons (Fsp3) is 0.800. The Kier molecular flexibility index (Phi) is 6.02. The van der Waals surface area contributed by atoms with E-state index < -0.39 is 0 Å². The Morgan fingerprint density at radius 1 is 1.47 bits per heavy atom. The Morgan fingerprint density at radius 3 is 2.93 bits per heavy atom. The molecule has 1 heterocycles. The molecule has 0 aliphatic heterocycles. The van der Waals surface area contributed by atoms with Crippen LogP contribution >= 0.6 is 23.3 Å². The smallest absolute Gasteiger partial charge is 0.202 e. The summed E-state index contributed by atoms with van der Waals surface area (Å²) in [5, 5.41) is 4.24. The third-order valence-electron chi connectivity index (χ3n) is 1.71. The lowest BCUT2D eigenvalue weighted by Crippen LogP contribution is -2.07. The Hall–Kier alpha value is -0.290. The molecule has 0 amide bonds. The van der Waals surface area contributed by atoms with Crippen molar-refractivity contribution in [3.05, 3.63) is 5.82 Å². The molecule has 5 heteroatoms. The van der Waals surface area contributed by atoms with Crippen molar-refractivity contribution in [3.8, 4) is 0 Å². The van der Waals surface area contributed by atoms with E-state index in [2.05, 4.69) is 35.4 Å². The van der Waals surface area contributed by atoms with Crippen LogP contribution in [-0.2, 0) is 5.75 Å². The zero-order chi connectivity index (χ0) is 11.1. The van der Waals surface area contributed by atoms with E-state index in [9.17, 15) is 0 Å². The molecule has 3 nitrogen and oxygen atoms in total. The maximum Gasteiger partial charge on any atom is 0.202 e. The van der Waals surface area contributed by atoms with Crippen molar-refractivity contribution in [3.63, 3.8) is 0 Å². The van der Waals surface area contributed by atoms with Crippen molar-refractivity contribution in [2.24, 2.45) is 5.92 Å². The molecule has 0 unspecified atom stereocenters. The highest BCUT2D eigenvalue weighted by Gasteiger charge is 2.03. The number of thioether (sulfide) groups is 1. The van der Waals surface area contributed by atoms with Gasteiger partial charge in [-0.2, -0.15) is 16.1 Å². The van der Waals surface area contributed by atoms with E-state index >= 15 is 0 Å². The lowest BCUT2D eigenvalue weighted by molar-refractivity contribution is 0.688. The third-order valence-corrected chi connectivity index (χ3v) is 3.58. The Labute approximate surface area is 100 Å². The first-order chi connectivity index (χ1) is 7.22. The van der Waals surface area contributed by atoms with E-state index in [0.717, 1.165) is 23.3 Å². The summed E-state index contributed by atoms with van der Waals surface area (Å²) in [4.78, 5) is 4.43. The van der Waals surface area contributed by atoms with Crippen LogP contribution in [0.1, 0.15) is 33.0 Å². The summed E-state index contributed by atoms with van der Waals surface area (Å²) in [6.45, 7) is 7.53. The second-order valence-corrected chi connectivity index (χ2v) is 5.70. The number of hydrogen-bond donors (Lipinski definition) is 1. The molecule has 15 heavy (non-hydrogen) atoms. The summed E-state index contributed by atoms with van der Waals surface area (Å²) in [5.41, 5.74) is 0. The number of rotatable bonds is 7. The molecule has 86 valence electrons. The van der Waals surface area contributed by atoms with E-state index in [1.54, 1.807) is 0 Å². The predicted octanol–water partition coefficient (Wildman–Crippen LogP) is 3.25. The first-order valence-electron chi connectivity index (χ1n) is 5.36. The number of hydrogen-bond acceptors (Lipinski definition) is 5. The van der Waals surface area contributed by atoms with E-state index in [4.69, 9.17) is 0 Å². The van der Waals surface area contributed by atoms with Crippen LogP contribution in [0.2, 0.25) is 0 Å². The van der Waals surface area contributed by atoms with Gasteiger partial charge in [0, 0.05) is 18.1 Å². The highest BCUT2D eigenvalue weighted by atomic mass is 32.2. The fourth-order valence-corrected chi connectivity index (χ4v) is 2.40. The van der Waals surface area contributed by atoms with Gasteiger partial charge in [-0.05, 0) is 18.1 Å². The van der Waals surface area contributed by atoms with Gasteiger partial charge in [-0.3, -0.25) is 0 Å². The quantitative estimate of drug-likeness (QED) is 0.748. The molecule has 1 rings (SSSR count). The first-order valence-corrected chi connectivity index (χ1v) is 7.29. The summed E-state index contributed by atoms with van der Waals surface area (Å²) >= 11 is 3.36. The first kappa shape index (κ1) is 12.8. The van der Waals surface area contributed by atoms with Crippen molar-refractivity contribution in [1.82, 2.24) is 9.36 Å². The average molecular weight is 245 g/mol. The van der Waals surface area contributed by atoms with Crippen LogP contribution in [0.15, 0.2) is 0 Å². The van der Waals surface area contributed by atoms with Crippen LogP contribution in [-0.4, -0.2) is 21.7 Å². The van der Waals surface area contributed by atoms with Crippen molar-refractivity contribution in [2.45, 2.75) is 32.9 Å². The minimum atomic E-state index is 0.645. The summed E-state index contributed by atoms with van der Waals surface area (Å²) in [6.07, 6.45) is 1.22. The van der Waals surface area contributed by atoms with E-state index in [-0.39, 0.29) is 0 Å². The van der Waals surface area contributed by atoms with Gasteiger partial charge < -0.3 is 5.32 Å². The maximum absolute atomic E-state index is 4.43. The van der Waals surface area contributed by atoms with Crippen molar-refractivity contribution < 1.29 is 0 Å². The van der Waals surface area contributed by atoms with Crippen LogP contribution in [0.5, 0.6) is 0 Å². The van der Waals surface area contributed by atoms with Gasteiger partial charge in [0.1, 0.15) is 0 Å². The topological polar surface area (TPSA) is 37.8 Å². The van der Waals surface area contributed by atoms with Gasteiger partial charge >= 0.3 is 0 Å². The second-order valence-electron chi connectivity index (χ2n) is 3.84. The molecule has 0 saturated carbocycles. The highest BCUT2D eigenvalue weighted by molar-refractivity contribution is 7.98. The highest BCUT2D eigenvalue weighted by Crippen LogP contribution is 2.16. The fourth-order valence-electron chi connectivity index (χ4n) is 0.984. The minimum absolute atomic E-state index is 0.645. The molecule has 1 N–H and O–H groups in total. The van der Waals surface area contributed by atoms with E-state index in [1.165, 1.54) is 23.7 Å². The summed E-state index contributed by atoms with van der Waals surface area (Å²) in [5.74, 6) is 3.73. The molecular weight excluding hydrogens is 226 g/mol. The lowest BCUT2D eigenvalue weighted by atomic mass is 10.2. The van der Waals surface area contributed by atoms with Crippen LogP contribution in [0.25, 0.3) is 0 Å². The van der Waals surface area contributed by atoms with Crippen LogP contribution in [0.4, 0.5) is 5.13 Å². The number of nitrogens with zero attached hydrogens (tertiary/aromatic N) is 2. The molecule has 1 aromatic rings. The summed E-state index contributed by atoms with van der Waals surface area (Å²) < 4.78 is 4.31. The van der Waals surface area contributed by atoms with Gasteiger partial charge in [0.05, 0.1) is 5.75 Å². The number of nitrogens with one attached hydrogen (secondary N) is 1. The monoisotopic (exact) mass is 245 g/mol. The second kappa shape index (κ2) is 7.06. The Morgan fingerprint density at radius 2 is 2.27 bits per heavy atom. The lowest BCUT2D eigenvalue weighted by Gasteiger charge is -2.03. The molecule has 0 saturated heterocycles. The van der Waals surface area contributed by atoms with Crippen molar-refractivity contribution in [1.29, 1.82) is 0 Å². The molecule has 0 atom stereocenters. The van der Waals surface area contributed by atoms with Gasteiger partial charge in [-0.15, -0.1) is 0 Å². The number of aromatic nitrogens is 2. The standard InChI is InChI=1S/C10H19N3S2/c1-4-5-14-7-9-12-10(15-13-9)11-6-8(2)3/h8H,4-7H2,1-3H3,(H,11,12,13). The molecule has 0 fully saturated rings. The van der Waals surface area contributed by atoms with Crippen molar-refractivity contribution >= 4 is 28.4 Å².